The number of amides is 2. The molecule has 0 aliphatic heterocycles. The number of nitrogens with one attached hydrogen (secondary N) is 2. The van der Waals surface area contributed by atoms with Crippen molar-refractivity contribution in [2.75, 3.05) is 17.7 Å². The van der Waals surface area contributed by atoms with E-state index in [1.807, 2.05) is 30.3 Å². The fraction of sp³-hybridized carbons (Fsp3) is 0.143. The summed E-state index contributed by atoms with van der Waals surface area (Å²) < 4.78 is 6.21. The lowest BCUT2D eigenvalue weighted by Crippen LogP contribution is -2.32. The number of hydrogen-bond acceptors (Lipinski definition) is 5. The number of anilines is 2. The molecule has 1 aromatic heterocycles. The number of benzene rings is 2. The number of carbonyl (C=O) groups is 2. The quantitative estimate of drug-likeness (QED) is 0.630. The third-order valence-corrected chi connectivity index (χ3v) is 4.32. The molecule has 0 radical (unpaired) electrons. The highest BCUT2D eigenvalue weighted by Gasteiger charge is 2.15. The van der Waals surface area contributed by atoms with E-state index in [9.17, 15) is 14.4 Å². The molecule has 0 aliphatic carbocycles. The average molecular weight is 427 g/mol. The second-order valence-electron chi connectivity index (χ2n) is 6.35. The molecule has 3 rings (SSSR count). The molecule has 3 aromatic rings. The largest absolute Gasteiger partial charge is 0.495 e. The molecular formula is C21H19ClN4O4. The first-order valence-corrected chi connectivity index (χ1v) is 9.33. The summed E-state index contributed by atoms with van der Waals surface area (Å²) in [5.74, 6) is -0.494. The van der Waals surface area contributed by atoms with Crippen molar-refractivity contribution in [2.45, 2.75) is 13.5 Å². The first kappa shape index (κ1) is 21.1. The number of ether oxygens (including phenoxy) is 1. The molecule has 0 saturated carbocycles. The van der Waals surface area contributed by atoms with Gasteiger partial charge in [-0.05, 0) is 24.3 Å². The summed E-state index contributed by atoms with van der Waals surface area (Å²) in [6.07, 6.45) is 0. The van der Waals surface area contributed by atoms with Crippen LogP contribution in [0.15, 0.2) is 59.4 Å². The molecule has 0 fully saturated rings. The van der Waals surface area contributed by atoms with Crippen LogP contribution in [0.4, 0.5) is 11.4 Å². The number of methoxy groups -OCH3 is 1. The third-order valence-electron chi connectivity index (χ3n) is 4.08. The van der Waals surface area contributed by atoms with Gasteiger partial charge in [0.1, 0.15) is 18.0 Å². The Morgan fingerprint density at radius 3 is 2.47 bits per heavy atom. The molecule has 0 saturated heterocycles. The van der Waals surface area contributed by atoms with Crippen LogP contribution in [0.5, 0.6) is 5.75 Å². The molecule has 1 heterocycles. The van der Waals surface area contributed by atoms with Gasteiger partial charge in [0, 0.05) is 17.5 Å². The normalized spacial score (nSPS) is 10.4. The van der Waals surface area contributed by atoms with Crippen LogP contribution in [0.25, 0.3) is 11.3 Å². The summed E-state index contributed by atoms with van der Waals surface area (Å²) in [5.41, 5.74) is 0.966. The van der Waals surface area contributed by atoms with E-state index in [2.05, 4.69) is 15.7 Å². The lowest BCUT2D eigenvalue weighted by molar-refractivity contribution is -0.117. The zero-order chi connectivity index (χ0) is 21.7. The van der Waals surface area contributed by atoms with Crippen LogP contribution in [0, 0.1) is 0 Å². The van der Waals surface area contributed by atoms with Gasteiger partial charge in [0.25, 0.3) is 5.56 Å². The number of halogens is 1. The molecular weight excluding hydrogens is 408 g/mol. The van der Waals surface area contributed by atoms with E-state index in [0.29, 0.717) is 22.2 Å². The molecule has 0 unspecified atom stereocenters. The van der Waals surface area contributed by atoms with Crippen LogP contribution in [0.3, 0.4) is 0 Å². The molecule has 2 N–H and O–H groups in total. The average Bonchev–Trinajstić information content (AvgIpc) is 2.71. The summed E-state index contributed by atoms with van der Waals surface area (Å²) in [4.78, 5) is 36.8. The van der Waals surface area contributed by atoms with Gasteiger partial charge >= 0.3 is 0 Å². The fourth-order valence-corrected chi connectivity index (χ4v) is 2.95. The van der Waals surface area contributed by atoms with E-state index in [4.69, 9.17) is 16.3 Å². The second-order valence-corrected chi connectivity index (χ2v) is 6.78. The first-order valence-electron chi connectivity index (χ1n) is 8.96. The van der Waals surface area contributed by atoms with Gasteiger partial charge in [0.05, 0.1) is 18.5 Å². The van der Waals surface area contributed by atoms with Gasteiger partial charge in [0.15, 0.2) is 0 Å². The Labute approximate surface area is 177 Å². The van der Waals surface area contributed by atoms with Crippen molar-refractivity contribution in [3.63, 3.8) is 0 Å². The number of aromatic nitrogens is 2. The predicted molar refractivity (Wildman–Crippen MR) is 115 cm³/mol. The van der Waals surface area contributed by atoms with Gasteiger partial charge < -0.3 is 15.4 Å². The lowest BCUT2D eigenvalue weighted by atomic mass is 10.1. The maximum Gasteiger partial charge on any atom is 0.291 e. The van der Waals surface area contributed by atoms with Crippen molar-refractivity contribution >= 4 is 34.8 Å². The number of hydrogen-bond donors (Lipinski definition) is 2. The van der Waals surface area contributed by atoms with Gasteiger partial charge in [-0.2, -0.15) is 5.10 Å². The Morgan fingerprint density at radius 1 is 1.07 bits per heavy atom. The van der Waals surface area contributed by atoms with Crippen LogP contribution in [0.2, 0.25) is 5.02 Å². The highest BCUT2D eigenvalue weighted by atomic mass is 35.5. The minimum absolute atomic E-state index is 0.0319. The van der Waals surface area contributed by atoms with Crippen molar-refractivity contribution in [3.8, 4) is 17.0 Å². The molecule has 2 amide bonds. The Morgan fingerprint density at radius 2 is 1.80 bits per heavy atom. The smallest absolute Gasteiger partial charge is 0.291 e. The summed E-state index contributed by atoms with van der Waals surface area (Å²) in [7, 11) is 1.47. The summed E-state index contributed by atoms with van der Waals surface area (Å²) >= 11 is 5.99. The Kier molecular flexibility index (Phi) is 6.48. The van der Waals surface area contributed by atoms with Gasteiger partial charge in [-0.25, -0.2) is 4.68 Å². The molecule has 154 valence electrons. The van der Waals surface area contributed by atoms with Gasteiger partial charge in [0.2, 0.25) is 11.8 Å². The minimum atomic E-state index is -0.599. The molecule has 2 aromatic carbocycles. The minimum Gasteiger partial charge on any atom is -0.495 e. The van der Waals surface area contributed by atoms with Crippen molar-refractivity contribution in [2.24, 2.45) is 0 Å². The molecule has 30 heavy (non-hydrogen) atoms. The molecule has 0 aliphatic rings. The van der Waals surface area contributed by atoms with E-state index in [1.54, 1.807) is 12.1 Å². The maximum atomic E-state index is 12.7. The van der Waals surface area contributed by atoms with Gasteiger partial charge in [-0.1, -0.05) is 41.9 Å². The molecule has 0 bridgehead atoms. The Hall–Kier alpha value is -3.65. The van der Waals surface area contributed by atoms with E-state index in [-0.39, 0.29) is 12.2 Å². The zero-order valence-electron chi connectivity index (χ0n) is 16.3. The van der Waals surface area contributed by atoms with E-state index in [1.165, 1.54) is 26.2 Å². The Balaban J connectivity index is 1.94. The van der Waals surface area contributed by atoms with Crippen molar-refractivity contribution in [1.29, 1.82) is 0 Å². The van der Waals surface area contributed by atoms with Crippen LogP contribution >= 0.6 is 11.6 Å². The molecule has 0 atom stereocenters. The van der Waals surface area contributed by atoms with E-state index < -0.39 is 17.4 Å². The van der Waals surface area contributed by atoms with Gasteiger partial charge in [-0.15, -0.1) is 0 Å². The van der Waals surface area contributed by atoms with E-state index in [0.717, 1.165) is 10.2 Å². The second kappa shape index (κ2) is 9.23. The van der Waals surface area contributed by atoms with Crippen LogP contribution in [-0.4, -0.2) is 28.7 Å². The molecule has 9 heteroatoms. The first-order chi connectivity index (χ1) is 14.4. The predicted octanol–water partition coefficient (Wildman–Crippen LogP) is 3.17. The van der Waals surface area contributed by atoms with Crippen LogP contribution < -0.4 is 20.9 Å². The van der Waals surface area contributed by atoms with Crippen molar-refractivity contribution in [1.82, 2.24) is 9.78 Å². The van der Waals surface area contributed by atoms with Crippen LogP contribution in [-0.2, 0) is 16.1 Å². The van der Waals surface area contributed by atoms with E-state index >= 15 is 0 Å². The zero-order valence-corrected chi connectivity index (χ0v) is 17.1. The molecule has 8 nitrogen and oxygen atoms in total. The third kappa shape index (κ3) is 5.03. The van der Waals surface area contributed by atoms with Crippen molar-refractivity contribution < 1.29 is 14.3 Å². The standard InChI is InChI=1S/C21H19ClN4O4/c1-13(27)23-18-11-16(14-6-4-3-5-7-14)25-26(21(18)29)12-20(28)24-17-10-15(22)8-9-19(17)30-2/h3-11H,12H2,1-2H3,(H,23,27)(H,24,28). The number of rotatable bonds is 6. The summed E-state index contributed by atoms with van der Waals surface area (Å²) in [5, 5.41) is 9.86. The highest BCUT2D eigenvalue weighted by molar-refractivity contribution is 6.31. The fourth-order valence-electron chi connectivity index (χ4n) is 2.78. The molecule has 0 spiro atoms. The number of nitrogens with zero attached hydrogens (tertiary/aromatic N) is 2. The van der Waals surface area contributed by atoms with Gasteiger partial charge in [-0.3, -0.25) is 14.4 Å². The highest BCUT2D eigenvalue weighted by Crippen LogP contribution is 2.27. The summed E-state index contributed by atoms with van der Waals surface area (Å²) in [6.45, 7) is 0.923. The lowest BCUT2D eigenvalue weighted by Gasteiger charge is -2.13. The maximum absolute atomic E-state index is 12.7. The number of carbonyl (C=O) groups excluding carboxylic acids is 2. The monoisotopic (exact) mass is 426 g/mol. The SMILES string of the molecule is COc1ccc(Cl)cc1NC(=O)Cn1nc(-c2ccccc2)cc(NC(C)=O)c1=O. The summed E-state index contributed by atoms with van der Waals surface area (Å²) in [6, 6.07) is 15.4. The topological polar surface area (TPSA) is 102 Å². The van der Waals surface area contributed by atoms with Crippen molar-refractivity contribution in [3.05, 3.63) is 70.0 Å². The van der Waals surface area contributed by atoms with Crippen LogP contribution in [0.1, 0.15) is 6.92 Å². The Bertz CT molecular complexity index is 1150.